The molecule has 0 saturated heterocycles. The van der Waals surface area contributed by atoms with Crippen LogP contribution in [-0.2, 0) is 17.8 Å². The van der Waals surface area contributed by atoms with Crippen molar-refractivity contribution in [3.8, 4) is 0 Å². The van der Waals surface area contributed by atoms with E-state index in [4.69, 9.17) is 11.6 Å². The van der Waals surface area contributed by atoms with Gasteiger partial charge in [0.15, 0.2) is 0 Å². The fourth-order valence-corrected chi connectivity index (χ4v) is 2.52. The van der Waals surface area contributed by atoms with Crippen molar-refractivity contribution in [3.63, 3.8) is 0 Å². The van der Waals surface area contributed by atoms with Crippen LogP contribution in [0.15, 0.2) is 53.0 Å². The Labute approximate surface area is 132 Å². The van der Waals surface area contributed by atoms with Crippen molar-refractivity contribution in [2.75, 3.05) is 0 Å². The van der Waals surface area contributed by atoms with E-state index in [1.54, 1.807) is 0 Å². The van der Waals surface area contributed by atoms with Crippen LogP contribution in [0.2, 0.25) is 5.02 Å². The Kier molecular flexibility index (Phi) is 5.62. The number of hydrogen-bond acceptors (Lipinski definition) is 1. The summed E-state index contributed by atoms with van der Waals surface area (Å²) >= 11 is 9.46. The number of nitrogens with one attached hydrogen (secondary N) is 1. The molecule has 0 aliphatic rings. The molecule has 0 unspecified atom stereocenters. The zero-order chi connectivity index (χ0) is 14.4. The molecule has 0 atom stereocenters. The highest BCUT2D eigenvalue weighted by Crippen LogP contribution is 2.15. The molecule has 0 saturated carbocycles. The lowest BCUT2D eigenvalue weighted by Gasteiger charge is -2.07. The summed E-state index contributed by atoms with van der Waals surface area (Å²) in [5, 5.41) is 3.57. The summed E-state index contributed by atoms with van der Waals surface area (Å²) in [7, 11) is 0. The third-order valence-electron chi connectivity index (χ3n) is 2.96. The Morgan fingerprint density at radius 1 is 1.15 bits per heavy atom. The van der Waals surface area contributed by atoms with E-state index in [-0.39, 0.29) is 5.91 Å². The van der Waals surface area contributed by atoms with Crippen LogP contribution in [-0.4, -0.2) is 5.91 Å². The van der Waals surface area contributed by atoms with E-state index < -0.39 is 0 Å². The quantitative estimate of drug-likeness (QED) is 0.851. The average Bonchev–Trinajstić information content (AvgIpc) is 2.44. The lowest BCUT2D eigenvalue weighted by Crippen LogP contribution is -2.23. The molecule has 0 spiro atoms. The van der Waals surface area contributed by atoms with Gasteiger partial charge in [-0.3, -0.25) is 4.79 Å². The smallest absolute Gasteiger partial charge is 0.220 e. The minimum Gasteiger partial charge on any atom is -0.352 e. The first-order valence-corrected chi connectivity index (χ1v) is 7.57. The van der Waals surface area contributed by atoms with E-state index in [0.29, 0.717) is 18.0 Å². The van der Waals surface area contributed by atoms with Gasteiger partial charge in [0.05, 0.1) is 0 Å². The Bertz CT molecular complexity index is 601. The van der Waals surface area contributed by atoms with E-state index in [9.17, 15) is 4.79 Å². The third-order valence-corrected chi connectivity index (χ3v) is 3.83. The number of aryl methyl sites for hydroxylation is 1. The van der Waals surface area contributed by atoms with Gasteiger partial charge in [-0.2, -0.15) is 0 Å². The third kappa shape index (κ3) is 4.66. The van der Waals surface area contributed by atoms with Crippen LogP contribution in [0.3, 0.4) is 0 Å². The van der Waals surface area contributed by atoms with Gasteiger partial charge in [0.2, 0.25) is 5.91 Å². The number of carbonyl (C=O) groups is 1. The summed E-state index contributed by atoms with van der Waals surface area (Å²) in [6, 6.07) is 15.5. The maximum atomic E-state index is 11.8. The average molecular weight is 353 g/mol. The second kappa shape index (κ2) is 7.46. The zero-order valence-corrected chi connectivity index (χ0v) is 13.2. The Hall–Kier alpha value is -1.32. The molecule has 1 N–H and O–H groups in total. The monoisotopic (exact) mass is 351 g/mol. The van der Waals surface area contributed by atoms with Crippen LogP contribution in [0.1, 0.15) is 17.5 Å². The van der Waals surface area contributed by atoms with Crippen molar-refractivity contribution < 1.29 is 4.79 Å². The van der Waals surface area contributed by atoms with Crippen molar-refractivity contribution in [2.45, 2.75) is 19.4 Å². The zero-order valence-electron chi connectivity index (χ0n) is 10.9. The first kappa shape index (κ1) is 15.1. The van der Waals surface area contributed by atoms with Crippen molar-refractivity contribution in [3.05, 3.63) is 69.2 Å². The molecule has 0 fully saturated rings. The molecule has 0 heterocycles. The van der Waals surface area contributed by atoms with E-state index >= 15 is 0 Å². The molecule has 0 bridgehead atoms. The second-order valence-electron chi connectivity index (χ2n) is 4.50. The first-order valence-electron chi connectivity index (χ1n) is 6.40. The lowest BCUT2D eigenvalue weighted by atomic mass is 10.1. The summed E-state index contributed by atoms with van der Waals surface area (Å²) in [6.45, 7) is 0.469. The minimum absolute atomic E-state index is 0.0323. The Balaban J connectivity index is 1.80. The van der Waals surface area contributed by atoms with Gasteiger partial charge in [0, 0.05) is 22.5 Å². The summed E-state index contributed by atoms with van der Waals surface area (Å²) in [5.74, 6) is 0.0323. The number of benzene rings is 2. The van der Waals surface area contributed by atoms with Gasteiger partial charge in [-0.15, -0.1) is 0 Å². The van der Waals surface area contributed by atoms with Crippen molar-refractivity contribution in [1.29, 1.82) is 0 Å². The van der Waals surface area contributed by atoms with E-state index in [0.717, 1.165) is 22.0 Å². The molecule has 104 valence electrons. The van der Waals surface area contributed by atoms with Gasteiger partial charge in [-0.05, 0) is 35.7 Å². The second-order valence-corrected chi connectivity index (χ2v) is 5.82. The van der Waals surface area contributed by atoms with Crippen LogP contribution in [0.4, 0.5) is 0 Å². The SMILES string of the molecule is O=C(CCc1cccc(Br)c1)NCc1ccccc1Cl. The van der Waals surface area contributed by atoms with E-state index in [1.165, 1.54) is 0 Å². The minimum atomic E-state index is 0.0323. The number of halogens is 2. The van der Waals surface area contributed by atoms with E-state index in [2.05, 4.69) is 21.2 Å². The van der Waals surface area contributed by atoms with Crippen LogP contribution < -0.4 is 5.32 Å². The standard InChI is InChI=1S/C16H15BrClNO/c17-14-6-3-4-12(10-14)8-9-16(20)19-11-13-5-1-2-7-15(13)18/h1-7,10H,8-9,11H2,(H,19,20). The highest BCUT2D eigenvalue weighted by atomic mass is 79.9. The van der Waals surface area contributed by atoms with Gasteiger partial charge in [-0.1, -0.05) is 57.9 Å². The van der Waals surface area contributed by atoms with Crippen molar-refractivity contribution in [1.82, 2.24) is 5.32 Å². The number of carbonyl (C=O) groups excluding carboxylic acids is 1. The van der Waals surface area contributed by atoms with Gasteiger partial charge < -0.3 is 5.32 Å². The van der Waals surface area contributed by atoms with Crippen LogP contribution >= 0.6 is 27.5 Å². The van der Waals surface area contributed by atoms with Crippen LogP contribution in [0.5, 0.6) is 0 Å². The highest BCUT2D eigenvalue weighted by Gasteiger charge is 2.04. The lowest BCUT2D eigenvalue weighted by molar-refractivity contribution is -0.121. The molecule has 2 aromatic rings. The molecule has 20 heavy (non-hydrogen) atoms. The van der Waals surface area contributed by atoms with Crippen molar-refractivity contribution >= 4 is 33.4 Å². The highest BCUT2D eigenvalue weighted by molar-refractivity contribution is 9.10. The molecule has 0 aromatic heterocycles. The Morgan fingerprint density at radius 3 is 2.70 bits per heavy atom. The molecule has 0 radical (unpaired) electrons. The molecular weight excluding hydrogens is 338 g/mol. The molecule has 2 aromatic carbocycles. The summed E-state index contributed by atoms with van der Waals surface area (Å²) < 4.78 is 1.03. The molecule has 0 aliphatic heterocycles. The maximum absolute atomic E-state index is 11.8. The first-order chi connectivity index (χ1) is 9.65. The largest absolute Gasteiger partial charge is 0.352 e. The van der Waals surface area contributed by atoms with Gasteiger partial charge in [0.1, 0.15) is 0 Å². The number of rotatable bonds is 5. The molecule has 1 amide bonds. The van der Waals surface area contributed by atoms with Gasteiger partial charge in [0.25, 0.3) is 0 Å². The topological polar surface area (TPSA) is 29.1 Å². The number of amides is 1. The van der Waals surface area contributed by atoms with Gasteiger partial charge >= 0.3 is 0 Å². The fraction of sp³-hybridized carbons (Fsp3) is 0.188. The summed E-state index contributed by atoms with van der Waals surface area (Å²) in [6.07, 6.45) is 1.20. The normalized spacial score (nSPS) is 10.3. The molecular formula is C16H15BrClNO. The van der Waals surface area contributed by atoms with Crippen LogP contribution in [0, 0.1) is 0 Å². The summed E-state index contributed by atoms with van der Waals surface area (Å²) in [4.78, 5) is 11.8. The van der Waals surface area contributed by atoms with Gasteiger partial charge in [-0.25, -0.2) is 0 Å². The molecule has 2 rings (SSSR count). The molecule has 4 heteroatoms. The fourth-order valence-electron chi connectivity index (χ4n) is 1.87. The van der Waals surface area contributed by atoms with Crippen molar-refractivity contribution in [2.24, 2.45) is 0 Å². The van der Waals surface area contributed by atoms with Crippen LogP contribution in [0.25, 0.3) is 0 Å². The predicted molar refractivity (Wildman–Crippen MR) is 85.8 cm³/mol. The molecule has 2 nitrogen and oxygen atoms in total. The number of hydrogen-bond donors (Lipinski definition) is 1. The Morgan fingerprint density at radius 2 is 1.95 bits per heavy atom. The predicted octanol–water partition coefficient (Wildman–Crippen LogP) is 4.35. The maximum Gasteiger partial charge on any atom is 0.220 e. The summed E-state index contributed by atoms with van der Waals surface area (Å²) in [5.41, 5.74) is 2.08. The molecule has 0 aliphatic carbocycles. The van der Waals surface area contributed by atoms with E-state index in [1.807, 2.05) is 48.5 Å².